The van der Waals surface area contributed by atoms with Crippen molar-refractivity contribution in [3.8, 4) is 22.6 Å². The lowest BCUT2D eigenvalue weighted by Gasteiger charge is -2.20. The first-order chi connectivity index (χ1) is 17.1. The summed E-state index contributed by atoms with van der Waals surface area (Å²) in [7, 11) is 0. The Balaban J connectivity index is 1.68. The standard InChI is InChI=1S/C29H37N5O/c1-5-33(6-2)19-11-12-22(4)32-28-27-26(23-13-9-8-10-14-23)20-34(29(27)31-21-30-28)24-15-17-25(18-16-24)35-7-3/h8-10,13-18,20-22H,5-7,11-12,19H2,1-4H3,(H,30,31,32). The Morgan fingerprint density at radius 2 is 1.71 bits per heavy atom. The third-order valence-corrected chi connectivity index (χ3v) is 6.48. The van der Waals surface area contributed by atoms with Gasteiger partial charge in [-0.1, -0.05) is 44.2 Å². The molecule has 2 heterocycles. The smallest absolute Gasteiger partial charge is 0.150 e. The van der Waals surface area contributed by atoms with Crippen molar-refractivity contribution in [3.05, 3.63) is 67.1 Å². The van der Waals surface area contributed by atoms with Crippen LogP contribution in [0.5, 0.6) is 5.75 Å². The highest BCUT2D eigenvalue weighted by molar-refractivity contribution is 6.02. The minimum absolute atomic E-state index is 0.307. The molecule has 0 aliphatic heterocycles. The zero-order chi connectivity index (χ0) is 24.6. The molecule has 2 aromatic heterocycles. The van der Waals surface area contributed by atoms with E-state index in [1.165, 1.54) is 0 Å². The van der Waals surface area contributed by atoms with Crippen LogP contribution in [0.1, 0.15) is 40.5 Å². The fraction of sp³-hybridized carbons (Fsp3) is 0.379. The molecule has 0 amide bonds. The monoisotopic (exact) mass is 471 g/mol. The maximum atomic E-state index is 5.63. The molecule has 2 aromatic carbocycles. The first-order valence-corrected chi connectivity index (χ1v) is 12.8. The van der Waals surface area contributed by atoms with Crippen LogP contribution in [0.25, 0.3) is 27.8 Å². The molecule has 35 heavy (non-hydrogen) atoms. The summed E-state index contributed by atoms with van der Waals surface area (Å²) >= 11 is 0. The molecule has 4 aromatic rings. The molecular formula is C29H37N5O. The number of hydrogen-bond donors (Lipinski definition) is 1. The number of ether oxygens (including phenoxy) is 1. The van der Waals surface area contributed by atoms with Gasteiger partial charge in [0.15, 0.2) is 5.65 Å². The zero-order valence-corrected chi connectivity index (χ0v) is 21.4. The van der Waals surface area contributed by atoms with Crippen LogP contribution in [0.15, 0.2) is 67.1 Å². The normalized spacial score (nSPS) is 12.3. The Morgan fingerprint density at radius 1 is 0.971 bits per heavy atom. The van der Waals surface area contributed by atoms with E-state index in [0.29, 0.717) is 12.6 Å². The Bertz CT molecular complexity index is 1200. The van der Waals surface area contributed by atoms with Gasteiger partial charge >= 0.3 is 0 Å². The highest BCUT2D eigenvalue weighted by Gasteiger charge is 2.18. The lowest BCUT2D eigenvalue weighted by molar-refractivity contribution is 0.295. The van der Waals surface area contributed by atoms with Crippen molar-refractivity contribution < 1.29 is 4.74 Å². The van der Waals surface area contributed by atoms with Crippen molar-refractivity contribution in [1.82, 2.24) is 19.4 Å². The van der Waals surface area contributed by atoms with Crippen molar-refractivity contribution in [1.29, 1.82) is 0 Å². The molecule has 0 spiro atoms. The van der Waals surface area contributed by atoms with Crippen LogP contribution in [0, 0.1) is 0 Å². The van der Waals surface area contributed by atoms with E-state index in [4.69, 9.17) is 9.72 Å². The van der Waals surface area contributed by atoms with E-state index in [0.717, 1.165) is 71.9 Å². The van der Waals surface area contributed by atoms with E-state index < -0.39 is 0 Å². The maximum Gasteiger partial charge on any atom is 0.150 e. The first-order valence-electron chi connectivity index (χ1n) is 12.8. The largest absolute Gasteiger partial charge is 0.494 e. The number of anilines is 1. The summed E-state index contributed by atoms with van der Waals surface area (Å²) in [5.74, 6) is 1.75. The highest BCUT2D eigenvalue weighted by atomic mass is 16.5. The molecule has 0 saturated heterocycles. The number of benzene rings is 2. The number of fused-ring (bicyclic) bond motifs is 1. The van der Waals surface area contributed by atoms with Crippen LogP contribution in [0.4, 0.5) is 5.82 Å². The topological polar surface area (TPSA) is 55.2 Å². The minimum atomic E-state index is 0.307. The van der Waals surface area contributed by atoms with E-state index in [9.17, 15) is 0 Å². The molecule has 1 N–H and O–H groups in total. The quantitative estimate of drug-likeness (QED) is 0.259. The molecule has 0 radical (unpaired) electrons. The third kappa shape index (κ3) is 5.82. The molecule has 0 aliphatic rings. The summed E-state index contributed by atoms with van der Waals surface area (Å²) in [4.78, 5) is 11.9. The van der Waals surface area contributed by atoms with Gasteiger partial charge in [-0.25, -0.2) is 9.97 Å². The van der Waals surface area contributed by atoms with E-state index in [1.54, 1.807) is 6.33 Å². The van der Waals surface area contributed by atoms with Crippen molar-refractivity contribution in [2.24, 2.45) is 0 Å². The van der Waals surface area contributed by atoms with Gasteiger partial charge in [-0.2, -0.15) is 0 Å². The molecule has 184 valence electrons. The van der Waals surface area contributed by atoms with Crippen LogP contribution in [0.3, 0.4) is 0 Å². The molecular weight excluding hydrogens is 434 g/mol. The number of hydrogen-bond acceptors (Lipinski definition) is 5. The van der Waals surface area contributed by atoms with E-state index in [1.807, 2.05) is 25.1 Å². The summed E-state index contributed by atoms with van der Waals surface area (Å²) in [5.41, 5.74) is 4.19. The number of rotatable bonds is 12. The average molecular weight is 472 g/mol. The van der Waals surface area contributed by atoms with Crippen molar-refractivity contribution in [2.45, 2.75) is 46.6 Å². The second-order valence-electron chi connectivity index (χ2n) is 8.84. The molecule has 0 bridgehead atoms. The average Bonchev–Trinajstić information content (AvgIpc) is 3.29. The van der Waals surface area contributed by atoms with Gasteiger partial charge < -0.3 is 19.5 Å². The summed E-state index contributed by atoms with van der Waals surface area (Å²) < 4.78 is 7.78. The van der Waals surface area contributed by atoms with Gasteiger partial charge in [-0.15, -0.1) is 0 Å². The van der Waals surface area contributed by atoms with Crippen molar-refractivity contribution in [3.63, 3.8) is 0 Å². The predicted octanol–water partition coefficient (Wildman–Crippen LogP) is 6.41. The molecule has 1 unspecified atom stereocenters. The van der Waals surface area contributed by atoms with Gasteiger partial charge in [-0.3, -0.25) is 0 Å². The Hall–Kier alpha value is -3.38. The van der Waals surface area contributed by atoms with E-state index in [2.05, 4.69) is 83.1 Å². The lowest BCUT2D eigenvalue weighted by atomic mass is 10.1. The number of aromatic nitrogens is 3. The fourth-order valence-electron chi connectivity index (χ4n) is 4.54. The van der Waals surface area contributed by atoms with Crippen LogP contribution >= 0.6 is 0 Å². The van der Waals surface area contributed by atoms with Gasteiger partial charge in [0.1, 0.15) is 17.9 Å². The maximum absolute atomic E-state index is 5.63. The van der Waals surface area contributed by atoms with Crippen LogP contribution in [-0.2, 0) is 0 Å². The molecule has 6 heteroatoms. The number of nitrogens with zero attached hydrogens (tertiary/aromatic N) is 4. The molecule has 0 aliphatic carbocycles. The summed E-state index contributed by atoms with van der Waals surface area (Å²) in [5, 5.41) is 4.74. The SMILES string of the molecule is CCOc1ccc(-n2cc(-c3ccccc3)c3c(NC(C)CCCN(CC)CC)ncnc32)cc1. The van der Waals surface area contributed by atoms with Crippen LogP contribution in [-0.4, -0.2) is 51.7 Å². The van der Waals surface area contributed by atoms with Crippen molar-refractivity contribution >= 4 is 16.9 Å². The van der Waals surface area contributed by atoms with Gasteiger partial charge in [-0.05, 0) is 76.2 Å². The second kappa shape index (κ2) is 11.8. The van der Waals surface area contributed by atoms with Gasteiger partial charge in [0.2, 0.25) is 0 Å². The van der Waals surface area contributed by atoms with Gasteiger partial charge in [0.25, 0.3) is 0 Å². The molecule has 1 atom stereocenters. The van der Waals surface area contributed by atoms with Crippen LogP contribution < -0.4 is 10.1 Å². The molecule has 4 rings (SSSR count). The minimum Gasteiger partial charge on any atom is -0.494 e. The molecule has 0 saturated carbocycles. The zero-order valence-electron chi connectivity index (χ0n) is 21.4. The molecule has 0 fully saturated rings. The van der Waals surface area contributed by atoms with E-state index in [-0.39, 0.29) is 0 Å². The lowest BCUT2D eigenvalue weighted by Crippen LogP contribution is -2.25. The van der Waals surface area contributed by atoms with Gasteiger partial charge in [0.05, 0.1) is 12.0 Å². The Kier molecular flexibility index (Phi) is 8.37. The van der Waals surface area contributed by atoms with Crippen molar-refractivity contribution in [2.75, 3.05) is 31.6 Å². The second-order valence-corrected chi connectivity index (χ2v) is 8.84. The summed E-state index contributed by atoms with van der Waals surface area (Å²) in [6, 6.07) is 18.9. The van der Waals surface area contributed by atoms with Crippen LogP contribution in [0.2, 0.25) is 0 Å². The Labute approximate surface area is 209 Å². The summed E-state index contributed by atoms with van der Waals surface area (Å²) in [6.07, 6.45) is 6.07. The Morgan fingerprint density at radius 3 is 2.40 bits per heavy atom. The third-order valence-electron chi connectivity index (χ3n) is 6.48. The number of nitrogens with one attached hydrogen (secondary N) is 1. The van der Waals surface area contributed by atoms with Gasteiger partial charge in [0, 0.05) is 23.5 Å². The molecule has 6 nitrogen and oxygen atoms in total. The fourth-order valence-corrected chi connectivity index (χ4v) is 4.54. The summed E-state index contributed by atoms with van der Waals surface area (Å²) in [6.45, 7) is 12.7. The predicted molar refractivity (Wildman–Crippen MR) is 146 cm³/mol. The van der Waals surface area contributed by atoms with E-state index >= 15 is 0 Å². The highest BCUT2D eigenvalue weighted by Crippen LogP contribution is 2.35. The first kappa shape index (κ1) is 24.7.